The van der Waals surface area contributed by atoms with Crippen LogP contribution in [0.5, 0.6) is 5.75 Å². The number of aryl methyl sites for hydroxylation is 1. The van der Waals surface area contributed by atoms with E-state index in [4.69, 9.17) is 4.74 Å². The molecule has 2 aromatic carbocycles. The molecular weight excluding hydrogens is 426 g/mol. The highest BCUT2D eigenvalue weighted by Gasteiger charge is 2.36. The molecule has 0 aromatic heterocycles. The SMILES string of the molecule is COc1ccc(C)cc1S(=O)(=O)N(CC(=O)Nc1c(F)cccc1F)C1CCCCC1. The normalized spacial score (nSPS) is 15.1. The van der Waals surface area contributed by atoms with Crippen molar-refractivity contribution in [1.82, 2.24) is 4.31 Å². The number of carbonyl (C=O) groups excluding carboxylic acids is 1. The fourth-order valence-corrected chi connectivity index (χ4v) is 5.71. The van der Waals surface area contributed by atoms with Crippen molar-refractivity contribution in [2.24, 2.45) is 0 Å². The Bertz CT molecular complexity index is 1030. The second-order valence-electron chi connectivity index (χ2n) is 7.64. The van der Waals surface area contributed by atoms with Gasteiger partial charge in [0.15, 0.2) is 0 Å². The lowest BCUT2D eigenvalue weighted by Gasteiger charge is -2.33. The molecule has 3 rings (SSSR count). The molecule has 1 aliphatic rings. The number of carbonyl (C=O) groups is 1. The van der Waals surface area contributed by atoms with E-state index in [1.54, 1.807) is 19.1 Å². The van der Waals surface area contributed by atoms with Crippen molar-refractivity contribution in [3.8, 4) is 5.75 Å². The quantitative estimate of drug-likeness (QED) is 0.682. The molecule has 0 bridgehead atoms. The first-order chi connectivity index (χ1) is 14.7. The molecule has 1 saturated carbocycles. The Labute approximate surface area is 181 Å². The van der Waals surface area contributed by atoms with Crippen LogP contribution in [0.4, 0.5) is 14.5 Å². The molecule has 1 fully saturated rings. The number of nitrogens with one attached hydrogen (secondary N) is 1. The first kappa shape index (κ1) is 23.1. The molecule has 2 aromatic rings. The maximum absolute atomic E-state index is 13.9. The van der Waals surface area contributed by atoms with Crippen LogP contribution in [-0.2, 0) is 14.8 Å². The molecule has 6 nitrogen and oxygen atoms in total. The first-order valence-corrected chi connectivity index (χ1v) is 11.6. The Morgan fingerprint density at radius 3 is 2.39 bits per heavy atom. The fourth-order valence-electron chi connectivity index (χ4n) is 3.83. The number of ether oxygens (including phenoxy) is 1. The molecule has 0 unspecified atom stereocenters. The summed E-state index contributed by atoms with van der Waals surface area (Å²) >= 11 is 0. The van der Waals surface area contributed by atoms with Crippen LogP contribution >= 0.6 is 0 Å². The number of hydrogen-bond acceptors (Lipinski definition) is 4. The number of benzene rings is 2. The Morgan fingerprint density at radius 1 is 1.13 bits per heavy atom. The highest BCUT2D eigenvalue weighted by Crippen LogP contribution is 2.32. The van der Waals surface area contributed by atoms with E-state index in [1.807, 2.05) is 0 Å². The number of hydrogen-bond donors (Lipinski definition) is 1. The molecular formula is C22H26F2N2O4S. The van der Waals surface area contributed by atoms with Crippen LogP contribution < -0.4 is 10.1 Å². The largest absolute Gasteiger partial charge is 0.495 e. The molecule has 0 radical (unpaired) electrons. The summed E-state index contributed by atoms with van der Waals surface area (Å²) in [5, 5.41) is 2.19. The molecule has 0 heterocycles. The molecule has 31 heavy (non-hydrogen) atoms. The molecule has 9 heteroatoms. The van der Waals surface area contributed by atoms with Gasteiger partial charge < -0.3 is 10.1 Å². The van der Waals surface area contributed by atoms with Gasteiger partial charge in [-0.2, -0.15) is 4.31 Å². The topological polar surface area (TPSA) is 75.7 Å². The lowest BCUT2D eigenvalue weighted by molar-refractivity contribution is -0.116. The molecule has 1 N–H and O–H groups in total. The van der Waals surface area contributed by atoms with Crippen LogP contribution in [0.15, 0.2) is 41.3 Å². The summed E-state index contributed by atoms with van der Waals surface area (Å²) in [6.07, 6.45) is 3.88. The van der Waals surface area contributed by atoms with Crippen LogP contribution in [-0.4, -0.2) is 38.3 Å². The van der Waals surface area contributed by atoms with Gasteiger partial charge in [0.2, 0.25) is 15.9 Å². The number of halogens is 2. The molecule has 1 aliphatic carbocycles. The summed E-state index contributed by atoms with van der Waals surface area (Å²) < 4.78 is 61.5. The van der Waals surface area contributed by atoms with E-state index in [-0.39, 0.29) is 16.7 Å². The van der Waals surface area contributed by atoms with Gasteiger partial charge in [0.25, 0.3) is 0 Å². The zero-order valence-electron chi connectivity index (χ0n) is 17.5. The van der Waals surface area contributed by atoms with E-state index in [9.17, 15) is 22.0 Å². The summed E-state index contributed by atoms with van der Waals surface area (Å²) in [5.74, 6) is -2.50. The number of sulfonamides is 1. The van der Waals surface area contributed by atoms with E-state index < -0.39 is 39.8 Å². The number of rotatable bonds is 7. The summed E-state index contributed by atoms with van der Waals surface area (Å²) in [6, 6.07) is 7.63. The van der Waals surface area contributed by atoms with Crippen molar-refractivity contribution in [3.05, 3.63) is 53.6 Å². The summed E-state index contributed by atoms with van der Waals surface area (Å²) in [5.41, 5.74) is 0.127. The minimum atomic E-state index is -4.11. The van der Waals surface area contributed by atoms with Gasteiger partial charge >= 0.3 is 0 Å². The van der Waals surface area contributed by atoms with Crippen molar-refractivity contribution in [2.45, 2.75) is 50.0 Å². The van der Waals surface area contributed by atoms with E-state index in [0.717, 1.165) is 41.3 Å². The van der Waals surface area contributed by atoms with E-state index >= 15 is 0 Å². The molecule has 0 spiro atoms. The predicted molar refractivity (Wildman–Crippen MR) is 113 cm³/mol. The van der Waals surface area contributed by atoms with Gasteiger partial charge in [0, 0.05) is 6.04 Å². The number of amides is 1. The first-order valence-electron chi connectivity index (χ1n) is 10.1. The fraction of sp³-hybridized carbons (Fsp3) is 0.409. The summed E-state index contributed by atoms with van der Waals surface area (Å²) in [7, 11) is -2.74. The van der Waals surface area contributed by atoms with Crippen molar-refractivity contribution >= 4 is 21.6 Å². The highest BCUT2D eigenvalue weighted by atomic mass is 32.2. The lowest BCUT2D eigenvalue weighted by Crippen LogP contribution is -2.45. The van der Waals surface area contributed by atoms with E-state index in [2.05, 4.69) is 5.32 Å². The minimum Gasteiger partial charge on any atom is -0.495 e. The highest BCUT2D eigenvalue weighted by molar-refractivity contribution is 7.89. The Morgan fingerprint density at radius 2 is 1.77 bits per heavy atom. The summed E-state index contributed by atoms with van der Waals surface area (Å²) in [6.45, 7) is 1.20. The number of anilines is 1. The molecule has 0 atom stereocenters. The van der Waals surface area contributed by atoms with Gasteiger partial charge in [0.1, 0.15) is 28.0 Å². The van der Waals surface area contributed by atoms with Crippen molar-refractivity contribution in [1.29, 1.82) is 0 Å². The third-order valence-corrected chi connectivity index (χ3v) is 7.33. The molecule has 168 valence electrons. The maximum atomic E-state index is 13.9. The average Bonchev–Trinajstić information content (AvgIpc) is 2.75. The molecule has 1 amide bonds. The van der Waals surface area contributed by atoms with Crippen molar-refractivity contribution in [3.63, 3.8) is 0 Å². The van der Waals surface area contributed by atoms with Crippen LogP contribution in [0.25, 0.3) is 0 Å². The number of para-hydroxylation sites is 1. The van der Waals surface area contributed by atoms with Gasteiger partial charge in [-0.3, -0.25) is 4.79 Å². The average molecular weight is 453 g/mol. The monoisotopic (exact) mass is 452 g/mol. The van der Waals surface area contributed by atoms with Gasteiger partial charge in [-0.15, -0.1) is 0 Å². The van der Waals surface area contributed by atoms with Crippen LogP contribution in [0.1, 0.15) is 37.7 Å². The van der Waals surface area contributed by atoms with Gasteiger partial charge in [-0.05, 0) is 49.6 Å². The zero-order chi connectivity index (χ0) is 22.6. The Balaban J connectivity index is 1.95. The number of methoxy groups -OCH3 is 1. The van der Waals surface area contributed by atoms with Crippen molar-refractivity contribution < 1.29 is 26.7 Å². The van der Waals surface area contributed by atoms with E-state index in [1.165, 1.54) is 19.2 Å². The smallest absolute Gasteiger partial charge is 0.247 e. The van der Waals surface area contributed by atoms with Crippen LogP contribution in [0.2, 0.25) is 0 Å². The minimum absolute atomic E-state index is 0.0366. The number of nitrogens with zero attached hydrogens (tertiary/aromatic N) is 1. The second-order valence-corrected chi connectivity index (χ2v) is 9.50. The van der Waals surface area contributed by atoms with Crippen LogP contribution in [0.3, 0.4) is 0 Å². The zero-order valence-corrected chi connectivity index (χ0v) is 18.3. The van der Waals surface area contributed by atoms with Gasteiger partial charge in [-0.25, -0.2) is 17.2 Å². The van der Waals surface area contributed by atoms with Crippen LogP contribution in [0, 0.1) is 18.6 Å². The third kappa shape index (κ3) is 5.22. The predicted octanol–water partition coefficient (Wildman–Crippen LogP) is 4.24. The summed E-state index contributed by atoms with van der Waals surface area (Å²) in [4.78, 5) is 12.7. The standard InChI is InChI=1S/C22H26F2N2O4S/c1-15-11-12-19(30-2)20(13-15)31(28,29)26(16-7-4-3-5-8-16)14-21(27)25-22-17(23)9-6-10-18(22)24/h6,9-13,16H,3-5,7-8,14H2,1-2H3,(H,25,27). The third-order valence-electron chi connectivity index (χ3n) is 5.41. The van der Waals surface area contributed by atoms with Gasteiger partial charge in [0.05, 0.1) is 13.7 Å². The van der Waals surface area contributed by atoms with Crippen molar-refractivity contribution in [2.75, 3.05) is 19.0 Å². The Kier molecular flexibility index (Phi) is 7.27. The molecule has 0 aliphatic heterocycles. The lowest BCUT2D eigenvalue weighted by atomic mass is 9.95. The maximum Gasteiger partial charge on any atom is 0.247 e. The Hall–Kier alpha value is -2.52. The van der Waals surface area contributed by atoms with E-state index in [0.29, 0.717) is 12.8 Å². The molecule has 0 saturated heterocycles. The van der Waals surface area contributed by atoms with Gasteiger partial charge in [-0.1, -0.05) is 31.4 Å². The second kappa shape index (κ2) is 9.74.